The fourth-order valence-corrected chi connectivity index (χ4v) is 2.64. The number of hydrogen-bond acceptors (Lipinski definition) is 1. The Hall–Kier alpha value is -2.61. The predicted octanol–water partition coefficient (Wildman–Crippen LogP) is 3.83. The molecule has 4 rings (SSSR count). The minimum absolute atomic E-state index is 0.0619. The van der Waals surface area contributed by atoms with Crippen LogP contribution in [-0.4, -0.2) is 4.98 Å². The molecule has 0 aliphatic carbocycles. The first kappa shape index (κ1) is 10.3. The van der Waals surface area contributed by atoms with Gasteiger partial charge in [-0.05, 0) is 39.7 Å². The zero-order chi connectivity index (χ0) is 12.8. The lowest BCUT2D eigenvalue weighted by molar-refractivity contribution is 1.32. The fourth-order valence-electron chi connectivity index (χ4n) is 2.64. The van der Waals surface area contributed by atoms with Gasteiger partial charge in [0.15, 0.2) is 0 Å². The highest BCUT2D eigenvalue weighted by atomic mass is 16.1. The van der Waals surface area contributed by atoms with Crippen molar-refractivity contribution in [1.29, 1.82) is 0 Å². The van der Waals surface area contributed by atoms with Crippen molar-refractivity contribution in [3.05, 3.63) is 71.0 Å². The zero-order valence-electron chi connectivity index (χ0n) is 10.2. The van der Waals surface area contributed by atoms with Crippen molar-refractivity contribution in [2.45, 2.75) is 0 Å². The van der Waals surface area contributed by atoms with Gasteiger partial charge in [-0.1, -0.05) is 36.4 Å². The van der Waals surface area contributed by atoms with Crippen LogP contribution in [0.1, 0.15) is 0 Å². The second kappa shape index (κ2) is 3.69. The quantitative estimate of drug-likeness (QED) is 0.370. The summed E-state index contributed by atoms with van der Waals surface area (Å²) in [7, 11) is 0. The molecule has 0 fully saturated rings. The third-order valence-corrected chi connectivity index (χ3v) is 3.58. The first-order valence-electron chi connectivity index (χ1n) is 6.26. The van der Waals surface area contributed by atoms with Crippen LogP contribution in [0.15, 0.2) is 65.5 Å². The van der Waals surface area contributed by atoms with Crippen molar-refractivity contribution in [2.75, 3.05) is 0 Å². The van der Waals surface area contributed by atoms with Crippen molar-refractivity contribution >= 4 is 32.4 Å². The average molecular weight is 245 g/mol. The minimum atomic E-state index is -0.0619. The molecule has 1 heterocycles. The molecular formula is C17H11NO. The Labute approximate surface area is 109 Å². The van der Waals surface area contributed by atoms with Crippen LogP contribution in [-0.2, 0) is 0 Å². The molecule has 0 aliphatic rings. The third-order valence-electron chi connectivity index (χ3n) is 3.58. The smallest absolute Gasteiger partial charge is 0.248 e. The SMILES string of the molecule is O=c1ccc2ccc3cc4ccccc4cc3c2[nH]1. The molecule has 0 spiro atoms. The van der Waals surface area contributed by atoms with Crippen LogP contribution in [0.3, 0.4) is 0 Å². The van der Waals surface area contributed by atoms with E-state index in [-0.39, 0.29) is 5.56 Å². The first-order chi connectivity index (χ1) is 9.31. The molecule has 19 heavy (non-hydrogen) atoms. The van der Waals surface area contributed by atoms with Gasteiger partial charge in [-0.25, -0.2) is 0 Å². The van der Waals surface area contributed by atoms with E-state index in [4.69, 9.17) is 0 Å². The number of hydrogen-bond donors (Lipinski definition) is 1. The lowest BCUT2D eigenvalue weighted by Crippen LogP contribution is -2.02. The summed E-state index contributed by atoms with van der Waals surface area (Å²) in [4.78, 5) is 14.5. The van der Waals surface area contributed by atoms with Crippen LogP contribution in [0.25, 0.3) is 32.4 Å². The van der Waals surface area contributed by atoms with Crippen molar-refractivity contribution in [2.24, 2.45) is 0 Å². The van der Waals surface area contributed by atoms with Crippen LogP contribution < -0.4 is 5.56 Å². The van der Waals surface area contributed by atoms with Crippen LogP contribution >= 0.6 is 0 Å². The average Bonchev–Trinajstić information content (AvgIpc) is 2.45. The van der Waals surface area contributed by atoms with E-state index in [1.165, 1.54) is 10.8 Å². The Morgan fingerprint density at radius 2 is 1.37 bits per heavy atom. The van der Waals surface area contributed by atoms with Gasteiger partial charge in [0.25, 0.3) is 0 Å². The Balaban J connectivity index is 2.28. The summed E-state index contributed by atoms with van der Waals surface area (Å²) in [6.45, 7) is 0. The van der Waals surface area contributed by atoms with Gasteiger partial charge in [-0.2, -0.15) is 0 Å². The lowest BCUT2D eigenvalue weighted by Gasteiger charge is -2.05. The number of fused-ring (bicyclic) bond motifs is 4. The largest absolute Gasteiger partial charge is 0.321 e. The number of H-pyrrole nitrogens is 1. The minimum Gasteiger partial charge on any atom is -0.321 e. The lowest BCUT2D eigenvalue weighted by atomic mass is 10.0. The van der Waals surface area contributed by atoms with Gasteiger partial charge < -0.3 is 4.98 Å². The molecule has 2 nitrogen and oxygen atoms in total. The highest BCUT2D eigenvalue weighted by Crippen LogP contribution is 2.27. The van der Waals surface area contributed by atoms with E-state index >= 15 is 0 Å². The molecule has 0 saturated carbocycles. The van der Waals surface area contributed by atoms with E-state index in [0.29, 0.717) is 0 Å². The van der Waals surface area contributed by atoms with E-state index in [0.717, 1.165) is 21.7 Å². The van der Waals surface area contributed by atoms with E-state index in [1.54, 1.807) is 6.07 Å². The molecule has 0 unspecified atom stereocenters. The Kier molecular flexibility index (Phi) is 2.00. The number of rotatable bonds is 0. The summed E-state index contributed by atoms with van der Waals surface area (Å²) in [6.07, 6.45) is 0. The molecule has 90 valence electrons. The summed E-state index contributed by atoms with van der Waals surface area (Å²) in [5.74, 6) is 0. The number of aromatic nitrogens is 1. The molecular weight excluding hydrogens is 234 g/mol. The van der Waals surface area contributed by atoms with Gasteiger partial charge in [-0.15, -0.1) is 0 Å². The molecule has 1 aromatic heterocycles. The van der Waals surface area contributed by atoms with Crippen molar-refractivity contribution in [3.63, 3.8) is 0 Å². The predicted molar refractivity (Wildman–Crippen MR) is 79.6 cm³/mol. The Bertz CT molecular complexity index is 982. The summed E-state index contributed by atoms with van der Waals surface area (Å²) in [6, 6.07) is 20.1. The van der Waals surface area contributed by atoms with Crippen LogP contribution in [0.2, 0.25) is 0 Å². The first-order valence-corrected chi connectivity index (χ1v) is 6.26. The number of nitrogens with one attached hydrogen (secondary N) is 1. The summed E-state index contributed by atoms with van der Waals surface area (Å²) < 4.78 is 0. The third kappa shape index (κ3) is 1.54. The molecule has 3 aromatic carbocycles. The molecule has 0 radical (unpaired) electrons. The topological polar surface area (TPSA) is 32.9 Å². The summed E-state index contributed by atoms with van der Waals surface area (Å²) >= 11 is 0. The number of aromatic amines is 1. The van der Waals surface area contributed by atoms with Crippen LogP contribution in [0.4, 0.5) is 0 Å². The maximum absolute atomic E-state index is 11.5. The fraction of sp³-hybridized carbons (Fsp3) is 0. The molecule has 4 aromatic rings. The molecule has 2 heteroatoms. The maximum Gasteiger partial charge on any atom is 0.248 e. The number of benzene rings is 3. The molecule has 0 amide bonds. The number of pyridine rings is 1. The van der Waals surface area contributed by atoms with Crippen LogP contribution in [0, 0.1) is 0 Å². The highest BCUT2D eigenvalue weighted by Gasteiger charge is 2.03. The standard InChI is InChI=1S/C17H11NO/c19-16-8-7-11-5-6-14-9-12-3-1-2-4-13(12)10-15(14)17(11)18-16/h1-10H,(H,18,19). The summed E-state index contributed by atoms with van der Waals surface area (Å²) in [5, 5.41) is 5.70. The summed E-state index contributed by atoms with van der Waals surface area (Å²) in [5.41, 5.74) is 0.851. The Morgan fingerprint density at radius 1 is 0.684 bits per heavy atom. The van der Waals surface area contributed by atoms with Gasteiger partial charge in [-0.3, -0.25) is 4.79 Å². The second-order valence-corrected chi connectivity index (χ2v) is 4.77. The van der Waals surface area contributed by atoms with Crippen LogP contribution in [0.5, 0.6) is 0 Å². The van der Waals surface area contributed by atoms with Gasteiger partial charge in [0.2, 0.25) is 5.56 Å². The van der Waals surface area contributed by atoms with E-state index < -0.39 is 0 Å². The normalized spacial score (nSPS) is 11.4. The van der Waals surface area contributed by atoms with Crippen molar-refractivity contribution in [1.82, 2.24) is 4.98 Å². The molecule has 0 bridgehead atoms. The van der Waals surface area contributed by atoms with E-state index in [1.807, 2.05) is 24.3 Å². The maximum atomic E-state index is 11.5. The van der Waals surface area contributed by atoms with Gasteiger partial charge in [0.05, 0.1) is 5.52 Å². The zero-order valence-corrected chi connectivity index (χ0v) is 10.2. The van der Waals surface area contributed by atoms with Crippen molar-refractivity contribution in [3.8, 4) is 0 Å². The van der Waals surface area contributed by atoms with Crippen molar-refractivity contribution < 1.29 is 0 Å². The second-order valence-electron chi connectivity index (χ2n) is 4.77. The van der Waals surface area contributed by atoms with E-state index in [9.17, 15) is 4.79 Å². The van der Waals surface area contributed by atoms with Gasteiger partial charge >= 0.3 is 0 Å². The van der Waals surface area contributed by atoms with E-state index in [2.05, 4.69) is 35.3 Å². The Morgan fingerprint density at radius 3 is 2.21 bits per heavy atom. The monoisotopic (exact) mass is 245 g/mol. The molecule has 0 aliphatic heterocycles. The molecule has 0 saturated heterocycles. The van der Waals surface area contributed by atoms with Gasteiger partial charge in [0, 0.05) is 11.5 Å². The highest BCUT2D eigenvalue weighted by molar-refractivity contribution is 6.10. The molecule has 0 atom stereocenters. The van der Waals surface area contributed by atoms with Gasteiger partial charge in [0.1, 0.15) is 0 Å². The molecule has 1 N–H and O–H groups in total.